The van der Waals surface area contributed by atoms with Crippen LogP contribution >= 0.6 is 0 Å². The first kappa shape index (κ1) is 14.8. The lowest BCUT2D eigenvalue weighted by Gasteiger charge is -2.07. The van der Waals surface area contributed by atoms with E-state index in [1.165, 1.54) is 0 Å². The molecule has 4 N–H and O–H groups in total. The molecule has 0 aliphatic heterocycles. The monoisotopic (exact) mass is 254 g/mol. The zero-order valence-electron chi connectivity index (χ0n) is 7.90. The number of rotatable bonds is 6. The summed E-state index contributed by atoms with van der Waals surface area (Å²) < 4.78 is 18.7. The minimum Gasteiger partial charge on any atom is -0.428 e. The van der Waals surface area contributed by atoms with Crippen molar-refractivity contribution in [2.24, 2.45) is 0 Å². The molecule has 92 valence electrons. The lowest BCUT2D eigenvalue weighted by molar-refractivity contribution is -0.152. The quantitative estimate of drug-likeness (QED) is 0.350. The first-order chi connectivity index (χ1) is 7.42. The maximum Gasteiger partial charge on any atom is 0.782 e. The highest BCUT2D eigenvalue weighted by Crippen LogP contribution is 1.92. The van der Waals surface area contributed by atoms with Crippen molar-refractivity contribution in [3.63, 3.8) is 0 Å². The van der Waals surface area contributed by atoms with Crippen molar-refractivity contribution < 1.29 is 43.3 Å². The van der Waals surface area contributed by atoms with Gasteiger partial charge in [-0.15, -0.1) is 0 Å². The topological polar surface area (TPSA) is 151 Å². The second-order valence-corrected chi connectivity index (χ2v) is 3.40. The molecule has 2 unspecified atom stereocenters. The van der Waals surface area contributed by atoms with Gasteiger partial charge in [0.05, 0.1) is 13.2 Å². The first-order valence-electron chi connectivity index (χ1n) is 3.97. The summed E-state index contributed by atoms with van der Waals surface area (Å²) >= 11 is 0. The predicted molar refractivity (Wildman–Crippen MR) is 44.8 cm³/mol. The van der Waals surface area contributed by atoms with Crippen LogP contribution in [0.4, 0.5) is 0 Å². The second kappa shape index (κ2) is 7.13. The van der Waals surface area contributed by atoms with Crippen molar-refractivity contribution in [3.8, 4) is 0 Å². The molecule has 0 aliphatic carbocycles. The van der Waals surface area contributed by atoms with Crippen LogP contribution in [0.1, 0.15) is 0 Å². The van der Waals surface area contributed by atoms with E-state index in [1.807, 2.05) is 0 Å². The fourth-order valence-corrected chi connectivity index (χ4v) is 1.11. The molecule has 0 fully saturated rings. The van der Waals surface area contributed by atoms with Crippen LogP contribution < -0.4 is 0 Å². The number of aliphatic hydroxyl groups excluding tert-OH is 4. The van der Waals surface area contributed by atoms with Gasteiger partial charge in [-0.05, 0) is 0 Å². The molecule has 0 amide bonds. The smallest absolute Gasteiger partial charge is 0.428 e. The van der Waals surface area contributed by atoms with Crippen LogP contribution in [0, 0.1) is 0 Å². The normalized spacial score (nSPS) is 13.8. The molecule has 0 aliphatic rings. The maximum atomic E-state index is 10.8. The van der Waals surface area contributed by atoms with Gasteiger partial charge in [-0.2, -0.15) is 0 Å². The Hall–Kier alpha value is -1.20. The SMILES string of the molecule is O=C(O[Si](=O)OC(=O)C(O)CO)C(O)CO. The molecule has 0 bridgehead atoms. The Labute approximate surface area is 90.7 Å². The fraction of sp³-hybridized carbons (Fsp3) is 0.667. The Kier molecular flexibility index (Phi) is 6.60. The van der Waals surface area contributed by atoms with Gasteiger partial charge in [0.2, 0.25) is 0 Å². The standard InChI is InChI=1S/C6H10O9Si/c7-1-3(9)5(11)14-16(13)15-6(12)4(10)2-8/h3-4,7-10H,1-2H2. The number of hydrogen-bond acceptors (Lipinski definition) is 9. The molecule has 0 aromatic heterocycles. The fourth-order valence-electron chi connectivity index (χ4n) is 0.470. The molecule has 2 atom stereocenters. The molecule has 0 heterocycles. The van der Waals surface area contributed by atoms with E-state index in [2.05, 4.69) is 8.85 Å². The van der Waals surface area contributed by atoms with E-state index in [0.29, 0.717) is 0 Å². The molecule has 0 spiro atoms. The number of carbonyl (C=O) groups excluding carboxylic acids is 2. The second-order valence-electron chi connectivity index (χ2n) is 2.49. The molecule has 0 aromatic carbocycles. The van der Waals surface area contributed by atoms with Crippen LogP contribution in [0.15, 0.2) is 0 Å². The molecule has 0 radical (unpaired) electrons. The highest BCUT2D eigenvalue weighted by atomic mass is 28.3. The van der Waals surface area contributed by atoms with E-state index in [4.69, 9.17) is 20.4 Å². The van der Waals surface area contributed by atoms with Crippen molar-refractivity contribution in [3.05, 3.63) is 0 Å². The molecule has 0 saturated heterocycles. The molecule has 10 heteroatoms. The Balaban J connectivity index is 4.09. The summed E-state index contributed by atoms with van der Waals surface area (Å²) in [5.74, 6) is -2.87. The van der Waals surface area contributed by atoms with E-state index in [0.717, 1.165) is 0 Å². The molecule has 0 saturated carbocycles. The summed E-state index contributed by atoms with van der Waals surface area (Å²) in [6.45, 7) is -1.89. The number of aliphatic hydroxyl groups is 4. The van der Waals surface area contributed by atoms with E-state index in [1.54, 1.807) is 0 Å². The van der Waals surface area contributed by atoms with Crippen LogP contribution in [0.3, 0.4) is 0 Å². The summed E-state index contributed by atoms with van der Waals surface area (Å²) in [4.78, 5) is 21.4. The zero-order valence-corrected chi connectivity index (χ0v) is 8.90. The Morgan fingerprint density at radius 3 is 1.56 bits per heavy atom. The summed E-state index contributed by atoms with van der Waals surface area (Å²) in [5.41, 5.74) is 0. The van der Waals surface area contributed by atoms with Gasteiger partial charge in [-0.25, -0.2) is 9.59 Å². The zero-order chi connectivity index (χ0) is 12.7. The van der Waals surface area contributed by atoms with Crippen molar-refractivity contribution >= 4 is 21.1 Å². The van der Waals surface area contributed by atoms with Crippen LogP contribution in [0.2, 0.25) is 0 Å². The minimum absolute atomic E-state index is 0.943. The van der Waals surface area contributed by atoms with Gasteiger partial charge >= 0.3 is 21.1 Å². The van der Waals surface area contributed by atoms with Crippen molar-refractivity contribution in [2.45, 2.75) is 12.2 Å². The lowest BCUT2D eigenvalue weighted by atomic mass is 10.4. The van der Waals surface area contributed by atoms with Crippen LogP contribution in [0.25, 0.3) is 0 Å². The highest BCUT2D eigenvalue weighted by Gasteiger charge is 2.28. The summed E-state index contributed by atoms with van der Waals surface area (Å²) in [5, 5.41) is 34.0. The van der Waals surface area contributed by atoms with Crippen LogP contribution in [-0.2, 0) is 22.9 Å². The molecule has 0 aromatic rings. The van der Waals surface area contributed by atoms with Gasteiger partial charge in [0.1, 0.15) is 0 Å². The summed E-state index contributed by atoms with van der Waals surface area (Å²) in [6.07, 6.45) is -3.79. The van der Waals surface area contributed by atoms with Crippen LogP contribution in [0.5, 0.6) is 0 Å². The third-order valence-electron chi connectivity index (χ3n) is 1.26. The van der Waals surface area contributed by atoms with Gasteiger partial charge in [0.15, 0.2) is 12.2 Å². The van der Waals surface area contributed by atoms with Gasteiger partial charge < -0.3 is 29.3 Å². The number of hydrogen-bond donors (Lipinski definition) is 4. The van der Waals surface area contributed by atoms with E-state index < -0.39 is 46.5 Å². The van der Waals surface area contributed by atoms with Crippen molar-refractivity contribution in [1.82, 2.24) is 0 Å². The average Bonchev–Trinajstić information content (AvgIpc) is 2.26. The van der Waals surface area contributed by atoms with Crippen molar-refractivity contribution in [1.29, 1.82) is 0 Å². The summed E-state index contributed by atoms with van der Waals surface area (Å²) in [6, 6.07) is 0. The Morgan fingerprint density at radius 2 is 1.31 bits per heavy atom. The van der Waals surface area contributed by atoms with Gasteiger partial charge in [0, 0.05) is 0 Å². The molecular formula is C6H10O9Si. The third-order valence-corrected chi connectivity index (χ3v) is 1.99. The molecule has 16 heavy (non-hydrogen) atoms. The maximum absolute atomic E-state index is 10.8. The largest absolute Gasteiger partial charge is 0.782 e. The third kappa shape index (κ3) is 5.04. The lowest BCUT2D eigenvalue weighted by Crippen LogP contribution is -2.34. The Bertz CT molecular complexity index is 251. The van der Waals surface area contributed by atoms with Gasteiger partial charge in [0.25, 0.3) is 0 Å². The number of carbonyl (C=O) groups is 2. The average molecular weight is 254 g/mol. The van der Waals surface area contributed by atoms with E-state index in [-0.39, 0.29) is 0 Å². The molecular weight excluding hydrogens is 244 g/mol. The molecule has 0 rings (SSSR count). The van der Waals surface area contributed by atoms with Gasteiger partial charge in [-0.3, -0.25) is 4.46 Å². The van der Waals surface area contributed by atoms with Crippen LogP contribution in [-0.4, -0.2) is 67.0 Å². The Morgan fingerprint density at radius 1 is 1.00 bits per heavy atom. The first-order valence-corrected chi connectivity index (χ1v) is 5.20. The summed E-state index contributed by atoms with van der Waals surface area (Å²) in [7, 11) is -3.59. The molecule has 9 nitrogen and oxygen atoms in total. The minimum atomic E-state index is -3.59. The van der Waals surface area contributed by atoms with Crippen molar-refractivity contribution in [2.75, 3.05) is 13.2 Å². The van der Waals surface area contributed by atoms with Gasteiger partial charge in [-0.1, -0.05) is 0 Å². The highest BCUT2D eigenvalue weighted by molar-refractivity contribution is 6.33. The van der Waals surface area contributed by atoms with E-state index >= 15 is 0 Å². The van der Waals surface area contributed by atoms with E-state index in [9.17, 15) is 14.1 Å². The predicted octanol–water partition coefficient (Wildman–Crippen LogP) is -3.81.